The number of unbranched alkanes of at least 4 members (excludes halogenated alkanes) is 12. The van der Waals surface area contributed by atoms with Gasteiger partial charge < -0.3 is 44.1 Å². The van der Waals surface area contributed by atoms with Gasteiger partial charge in [0.15, 0.2) is 0 Å². The van der Waals surface area contributed by atoms with Gasteiger partial charge in [-0.15, -0.1) is 0 Å². The lowest BCUT2D eigenvalue weighted by molar-refractivity contribution is -0.145. The van der Waals surface area contributed by atoms with Crippen LogP contribution in [-0.4, -0.2) is 217 Å². The Morgan fingerprint density at radius 3 is 1.07 bits per heavy atom. The fraction of sp³-hybridized carbons (Fsp3) is 0.925. The molecule has 0 spiro atoms. The van der Waals surface area contributed by atoms with E-state index in [4.69, 9.17) is 23.7 Å². The van der Waals surface area contributed by atoms with Crippen molar-refractivity contribution < 1.29 is 68.1 Å². The Bertz CT molecular complexity index is 1580. The second-order valence-corrected chi connectivity index (χ2v) is 27.9. The van der Waals surface area contributed by atoms with Gasteiger partial charge in [0, 0.05) is 109 Å². The van der Waals surface area contributed by atoms with Crippen molar-refractivity contribution in [3.63, 3.8) is 0 Å². The fourth-order valence-electron chi connectivity index (χ4n) is 10.1. The zero-order chi connectivity index (χ0) is 64.0. The molecule has 18 nitrogen and oxygen atoms in total. The molecule has 0 aromatic heterocycles. The summed E-state index contributed by atoms with van der Waals surface area (Å²) in [5.41, 5.74) is 0. The lowest BCUT2D eigenvalue weighted by Gasteiger charge is -2.34. The van der Waals surface area contributed by atoms with E-state index in [1.807, 2.05) is 21.6 Å². The molecule has 4 unspecified atom stereocenters. The molecule has 0 aliphatic carbocycles. The van der Waals surface area contributed by atoms with Crippen molar-refractivity contribution in [3.05, 3.63) is 0 Å². The first-order chi connectivity index (χ1) is 42.0. The van der Waals surface area contributed by atoms with Crippen molar-refractivity contribution in [1.82, 2.24) is 19.6 Å². The lowest BCUT2D eigenvalue weighted by atomic mass is 10.1. The number of aliphatic hydroxyl groups excluding tert-OH is 4. The van der Waals surface area contributed by atoms with Gasteiger partial charge in [-0.25, -0.2) is 0 Å². The Morgan fingerprint density at radius 2 is 0.678 bits per heavy atom. The zero-order valence-electron chi connectivity index (χ0n) is 55.8. The molecule has 1 rings (SSSR count). The predicted octanol–water partition coefficient (Wildman–Crippen LogP) is 11.2. The summed E-state index contributed by atoms with van der Waals surface area (Å²) < 4.78 is 26.9. The first kappa shape index (κ1) is 82.7. The van der Waals surface area contributed by atoms with E-state index in [0.717, 1.165) is 173 Å². The largest absolute Gasteiger partial charge is 0.466 e. The highest BCUT2D eigenvalue weighted by Crippen LogP contribution is 2.23. The van der Waals surface area contributed by atoms with Crippen molar-refractivity contribution in [3.8, 4) is 0 Å². The maximum Gasteiger partial charge on any atom is 0.305 e. The maximum atomic E-state index is 12.8. The molecule has 0 bridgehead atoms. The number of rotatable bonds is 61. The monoisotopic (exact) mass is 1280 g/mol. The van der Waals surface area contributed by atoms with Crippen molar-refractivity contribution in [1.29, 1.82) is 0 Å². The third-order valence-electron chi connectivity index (χ3n) is 15.8. The smallest absolute Gasteiger partial charge is 0.305 e. The number of ether oxygens (including phenoxy) is 5. The molecule has 512 valence electrons. The summed E-state index contributed by atoms with van der Waals surface area (Å²) in [6, 6.07) is 0. The van der Waals surface area contributed by atoms with E-state index in [9.17, 15) is 44.4 Å². The van der Waals surface area contributed by atoms with Crippen LogP contribution in [0.2, 0.25) is 0 Å². The molecule has 87 heavy (non-hydrogen) atoms. The molecule has 1 aliphatic heterocycles. The van der Waals surface area contributed by atoms with Gasteiger partial charge in [0.1, 0.15) is 6.61 Å². The van der Waals surface area contributed by atoms with E-state index in [2.05, 4.69) is 61.1 Å². The van der Waals surface area contributed by atoms with E-state index in [0.29, 0.717) is 161 Å². The normalized spacial score (nSPS) is 14.6. The van der Waals surface area contributed by atoms with E-state index in [1.165, 1.54) is 0 Å². The Balaban J connectivity index is 2.42. The number of hydrogen-bond donors (Lipinski definition) is 4. The average molecular weight is 1280 g/mol. The molecule has 0 aromatic carbocycles. The maximum absolute atomic E-state index is 12.8. The standard InChI is InChI=1S/C67H128N4O14S2/c1-7-9-46-81-63(76)31-17-13-11-15-27-59(72)53-70(54-60(73)28-16-12-14-18-32-64(77)82-47-10-8-2)38-24-23-35-67(80)85-50-44-68-40-42-69(43-41-68)45-52-87-86-51-26-25-39-71(55-61(74)29-19-21-33-65(78)83-48-36-57(3)4)56-62(75)30-20-22-34-66(79)84-49-37-58(5)6/h57-62,72-75H,7-56H2,1-6H3. The number of nitrogens with zero attached hydrogens (tertiary/aromatic N) is 4. The Kier molecular flexibility index (Phi) is 54.8. The summed E-state index contributed by atoms with van der Waals surface area (Å²) in [4.78, 5) is 70.0. The summed E-state index contributed by atoms with van der Waals surface area (Å²) in [6.45, 7) is 23.7. The highest BCUT2D eigenvalue weighted by molar-refractivity contribution is 8.76. The van der Waals surface area contributed by atoms with Crippen LogP contribution in [0, 0.1) is 11.8 Å². The van der Waals surface area contributed by atoms with Crippen LogP contribution in [0.4, 0.5) is 0 Å². The molecular weight excluding hydrogens is 1150 g/mol. The number of hydrogen-bond acceptors (Lipinski definition) is 20. The summed E-state index contributed by atoms with van der Waals surface area (Å²) in [5.74, 6) is 2.22. The summed E-state index contributed by atoms with van der Waals surface area (Å²) >= 11 is 0. The minimum Gasteiger partial charge on any atom is -0.466 e. The van der Waals surface area contributed by atoms with Gasteiger partial charge in [-0.3, -0.25) is 43.6 Å². The van der Waals surface area contributed by atoms with Gasteiger partial charge in [-0.05, 0) is 128 Å². The van der Waals surface area contributed by atoms with E-state index < -0.39 is 24.4 Å². The van der Waals surface area contributed by atoms with Crippen LogP contribution in [0.1, 0.15) is 241 Å². The number of piperazine rings is 1. The molecule has 0 amide bonds. The van der Waals surface area contributed by atoms with Crippen LogP contribution in [0.25, 0.3) is 0 Å². The summed E-state index contributed by atoms with van der Waals surface area (Å²) in [5, 5.41) is 44.0. The summed E-state index contributed by atoms with van der Waals surface area (Å²) in [6.07, 6.45) is 20.9. The number of carbonyl (C=O) groups excluding carboxylic acids is 5. The SMILES string of the molecule is CCCCOC(=O)CCCCCCC(O)CN(CCCCC(=O)OCCN1CCN(CCSSCCCCN(CC(O)CCCCC(=O)OCCC(C)C)CC(O)CCCCC(=O)OCCC(C)C)CC1)CC(O)CCCCCCC(=O)OCCCC. The summed E-state index contributed by atoms with van der Waals surface area (Å²) in [7, 11) is 3.81. The minimum atomic E-state index is -0.551. The third-order valence-corrected chi connectivity index (χ3v) is 18.2. The highest BCUT2D eigenvalue weighted by Gasteiger charge is 2.21. The minimum absolute atomic E-state index is 0.135. The van der Waals surface area contributed by atoms with Crippen LogP contribution in [0.3, 0.4) is 0 Å². The van der Waals surface area contributed by atoms with Gasteiger partial charge in [0.2, 0.25) is 0 Å². The van der Waals surface area contributed by atoms with Crippen molar-refractivity contribution in [2.24, 2.45) is 11.8 Å². The van der Waals surface area contributed by atoms with Crippen molar-refractivity contribution in [2.75, 3.05) is 123 Å². The van der Waals surface area contributed by atoms with Gasteiger partial charge in [0.25, 0.3) is 0 Å². The molecule has 1 fully saturated rings. The molecule has 0 radical (unpaired) electrons. The first-order valence-corrected chi connectivity index (χ1v) is 37.1. The molecule has 1 heterocycles. The van der Waals surface area contributed by atoms with Crippen LogP contribution in [-0.2, 0) is 47.7 Å². The Labute approximate surface area is 536 Å². The second kappa shape index (κ2) is 57.6. The number of esters is 5. The molecule has 4 atom stereocenters. The highest BCUT2D eigenvalue weighted by atomic mass is 33.1. The van der Waals surface area contributed by atoms with Crippen LogP contribution < -0.4 is 0 Å². The van der Waals surface area contributed by atoms with Gasteiger partial charge in [0.05, 0.1) is 50.8 Å². The molecule has 20 heteroatoms. The lowest BCUT2D eigenvalue weighted by Crippen LogP contribution is -2.47. The van der Waals surface area contributed by atoms with Crippen LogP contribution in [0.5, 0.6) is 0 Å². The van der Waals surface area contributed by atoms with Crippen LogP contribution >= 0.6 is 21.6 Å². The fourth-order valence-corrected chi connectivity index (χ4v) is 12.3. The zero-order valence-corrected chi connectivity index (χ0v) is 57.4. The van der Waals surface area contributed by atoms with Crippen molar-refractivity contribution >= 4 is 51.4 Å². The van der Waals surface area contributed by atoms with E-state index in [-0.39, 0.29) is 29.8 Å². The number of carbonyl (C=O) groups is 5. The Morgan fingerprint density at radius 1 is 0.368 bits per heavy atom. The number of aliphatic hydroxyl groups is 4. The molecule has 0 saturated carbocycles. The molecule has 1 aliphatic rings. The van der Waals surface area contributed by atoms with E-state index >= 15 is 0 Å². The average Bonchev–Trinajstić information content (AvgIpc) is 3.64. The molecule has 0 aromatic rings. The van der Waals surface area contributed by atoms with Gasteiger partial charge in [-0.2, -0.15) is 0 Å². The molecular formula is C67H128N4O14S2. The van der Waals surface area contributed by atoms with E-state index in [1.54, 1.807) is 0 Å². The molecule has 1 saturated heterocycles. The van der Waals surface area contributed by atoms with Gasteiger partial charge >= 0.3 is 29.8 Å². The topological polar surface area (TPSA) is 225 Å². The van der Waals surface area contributed by atoms with Crippen LogP contribution in [0.15, 0.2) is 0 Å². The van der Waals surface area contributed by atoms with Crippen molar-refractivity contribution in [2.45, 2.75) is 265 Å². The first-order valence-electron chi connectivity index (χ1n) is 34.6. The molecule has 4 N–H and O–H groups in total. The second-order valence-electron chi connectivity index (χ2n) is 25.2. The quantitative estimate of drug-likeness (QED) is 0.0192. The van der Waals surface area contributed by atoms with Gasteiger partial charge in [-0.1, -0.05) is 127 Å². The predicted molar refractivity (Wildman–Crippen MR) is 354 cm³/mol. The third kappa shape index (κ3) is 54.0. The Hall–Kier alpha value is -2.27.